The monoisotopic (exact) mass is 286 g/mol. The van der Waals surface area contributed by atoms with E-state index in [0.29, 0.717) is 18.4 Å². The standard InChI is InChI=1S/C18H26N2O/c1-2-14(15-7-4-3-5-8-15)13-19-16-9-10-17(21)20-18(16)11-6-12-18/h3-5,7-8,14,16,19H,2,6,9-13H2,1H3,(H,20,21). The van der Waals surface area contributed by atoms with Crippen LogP contribution in [0.4, 0.5) is 0 Å². The van der Waals surface area contributed by atoms with Crippen LogP contribution in [0, 0.1) is 0 Å². The van der Waals surface area contributed by atoms with Gasteiger partial charge in [-0.15, -0.1) is 0 Å². The quantitative estimate of drug-likeness (QED) is 0.873. The number of hydrogen-bond donors (Lipinski definition) is 2. The molecule has 1 aromatic rings. The highest BCUT2D eigenvalue weighted by molar-refractivity contribution is 5.78. The van der Waals surface area contributed by atoms with Crippen LogP contribution in [-0.2, 0) is 4.79 Å². The summed E-state index contributed by atoms with van der Waals surface area (Å²) in [4.78, 5) is 11.7. The van der Waals surface area contributed by atoms with Crippen LogP contribution in [0.25, 0.3) is 0 Å². The SMILES string of the molecule is CCC(CNC1CCC(=O)NC12CCC2)c1ccccc1. The van der Waals surface area contributed by atoms with Gasteiger partial charge < -0.3 is 10.6 Å². The molecule has 1 aliphatic heterocycles. The van der Waals surface area contributed by atoms with Gasteiger partial charge in [0.15, 0.2) is 0 Å². The maximum absolute atomic E-state index is 11.7. The van der Waals surface area contributed by atoms with Gasteiger partial charge in [-0.05, 0) is 43.6 Å². The molecule has 0 aromatic heterocycles. The predicted octanol–water partition coefficient (Wildman–Crippen LogP) is 2.97. The van der Waals surface area contributed by atoms with E-state index in [2.05, 4.69) is 47.9 Å². The Hall–Kier alpha value is -1.35. The van der Waals surface area contributed by atoms with Crippen LogP contribution in [0.1, 0.15) is 56.9 Å². The fraction of sp³-hybridized carbons (Fsp3) is 0.611. The highest BCUT2D eigenvalue weighted by Crippen LogP contribution is 2.39. The number of benzene rings is 1. The summed E-state index contributed by atoms with van der Waals surface area (Å²) < 4.78 is 0. The van der Waals surface area contributed by atoms with Crippen molar-refractivity contribution < 1.29 is 4.79 Å². The van der Waals surface area contributed by atoms with Crippen molar-refractivity contribution in [2.45, 2.75) is 62.9 Å². The van der Waals surface area contributed by atoms with Crippen molar-refractivity contribution >= 4 is 5.91 Å². The second-order valence-corrected chi connectivity index (χ2v) is 6.57. The Balaban J connectivity index is 1.62. The van der Waals surface area contributed by atoms with Crippen molar-refractivity contribution in [3.05, 3.63) is 35.9 Å². The highest BCUT2D eigenvalue weighted by Gasteiger charge is 2.47. The summed E-state index contributed by atoms with van der Waals surface area (Å²) in [7, 11) is 0. The molecule has 1 heterocycles. The lowest BCUT2D eigenvalue weighted by molar-refractivity contribution is -0.128. The molecule has 1 amide bonds. The Labute approximate surface area is 127 Å². The largest absolute Gasteiger partial charge is 0.349 e. The summed E-state index contributed by atoms with van der Waals surface area (Å²) in [6, 6.07) is 11.2. The fourth-order valence-electron chi connectivity index (χ4n) is 3.82. The van der Waals surface area contributed by atoms with E-state index in [1.807, 2.05) is 0 Å². The highest BCUT2D eigenvalue weighted by atomic mass is 16.1. The van der Waals surface area contributed by atoms with Crippen LogP contribution in [-0.4, -0.2) is 24.0 Å². The van der Waals surface area contributed by atoms with Crippen LogP contribution < -0.4 is 10.6 Å². The molecule has 3 rings (SSSR count). The lowest BCUT2D eigenvalue weighted by atomic mass is 9.68. The second kappa shape index (κ2) is 6.18. The number of hydrogen-bond acceptors (Lipinski definition) is 2. The third-order valence-corrected chi connectivity index (χ3v) is 5.34. The average Bonchev–Trinajstić information content (AvgIpc) is 2.48. The molecular formula is C18H26N2O. The third kappa shape index (κ3) is 2.98. The zero-order valence-corrected chi connectivity index (χ0v) is 12.9. The first-order valence-corrected chi connectivity index (χ1v) is 8.33. The maximum Gasteiger partial charge on any atom is 0.220 e. The number of amides is 1. The number of carbonyl (C=O) groups is 1. The minimum Gasteiger partial charge on any atom is -0.349 e. The minimum absolute atomic E-state index is 0.0598. The molecule has 0 bridgehead atoms. The van der Waals surface area contributed by atoms with Gasteiger partial charge >= 0.3 is 0 Å². The summed E-state index contributed by atoms with van der Waals surface area (Å²) in [5.74, 6) is 0.795. The molecule has 2 fully saturated rings. The van der Waals surface area contributed by atoms with Gasteiger partial charge in [-0.3, -0.25) is 4.79 Å². The molecule has 1 saturated heterocycles. The fourth-order valence-corrected chi connectivity index (χ4v) is 3.82. The Morgan fingerprint density at radius 3 is 2.71 bits per heavy atom. The van der Waals surface area contributed by atoms with Gasteiger partial charge in [0.1, 0.15) is 0 Å². The molecular weight excluding hydrogens is 260 g/mol. The molecule has 3 heteroatoms. The second-order valence-electron chi connectivity index (χ2n) is 6.57. The van der Waals surface area contributed by atoms with Gasteiger partial charge in [-0.1, -0.05) is 37.3 Å². The van der Waals surface area contributed by atoms with Gasteiger partial charge in [0.25, 0.3) is 0 Å². The molecule has 3 nitrogen and oxygen atoms in total. The Kier molecular flexibility index (Phi) is 4.29. The molecule has 1 aliphatic carbocycles. The maximum atomic E-state index is 11.7. The molecule has 1 aromatic carbocycles. The van der Waals surface area contributed by atoms with E-state index in [4.69, 9.17) is 0 Å². The van der Waals surface area contributed by atoms with Crippen molar-refractivity contribution in [1.82, 2.24) is 10.6 Å². The molecule has 114 valence electrons. The van der Waals surface area contributed by atoms with Crippen molar-refractivity contribution in [2.24, 2.45) is 0 Å². The molecule has 2 aliphatic rings. The van der Waals surface area contributed by atoms with Crippen molar-refractivity contribution in [3.63, 3.8) is 0 Å². The van der Waals surface area contributed by atoms with Gasteiger partial charge in [-0.2, -0.15) is 0 Å². The number of carbonyl (C=O) groups excluding carboxylic acids is 1. The topological polar surface area (TPSA) is 41.1 Å². The Morgan fingerprint density at radius 1 is 1.33 bits per heavy atom. The number of rotatable bonds is 5. The van der Waals surface area contributed by atoms with Crippen LogP contribution in [0.3, 0.4) is 0 Å². The van der Waals surface area contributed by atoms with E-state index in [1.54, 1.807) is 0 Å². The third-order valence-electron chi connectivity index (χ3n) is 5.34. The first-order chi connectivity index (χ1) is 10.2. The molecule has 1 saturated carbocycles. The van der Waals surface area contributed by atoms with Crippen molar-refractivity contribution in [1.29, 1.82) is 0 Å². The molecule has 21 heavy (non-hydrogen) atoms. The van der Waals surface area contributed by atoms with Crippen molar-refractivity contribution in [2.75, 3.05) is 6.54 Å². The molecule has 1 spiro atoms. The van der Waals surface area contributed by atoms with Gasteiger partial charge in [0.05, 0.1) is 5.54 Å². The lowest BCUT2D eigenvalue weighted by Crippen LogP contribution is -2.68. The average molecular weight is 286 g/mol. The van der Waals surface area contributed by atoms with Gasteiger partial charge in [0.2, 0.25) is 5.91 Å². The van der Waals surface area contributed by atoms with E-state index in [-0.39, 0.29) is 11.4 Å². The van der Waals surface area contributed by atoms with Crippen LogP contribution in [0.15, 0.2) is 30.3 Å². The molecule has 2 N–H and O–H groups in total. The van der Waals surface area contributed by atoms with E-state index in [0.717, 1.165) is 32.2 Å². The summed E-state index contributed by atoms with van der Waals surface area (Å²) >= 11 is 0. The first kappa shape index (κ1) is 14.6. The van der Waals surface area contributed by atoms with Gasteiger partial charge in [-0.25, -0.2) is 0 Å². The minimum atomic E-state index is 0.0598. The molecule has 2 atom stereocenters. The summed E-state index contributed by atoms with van der Waals surface area (Å²) in [6.07, 6.45) is 6.31. The van der Waals surface area contributed by atoms with E-state index in [1.165, 1.54) is 12.0 Å². The van der Waals surface area contributed by atoms with Crippen LogP contribution in [0.2, 0.25) is 0 Å². The van der Waals surface area contributed by atoms with E-state index in [9.17, 15) is 4.79 Å². The van der Waals surface area contributed by atoms with Crippen LogP contribution >= 0.6 is 0 Å². The smallest absolute Gasteiger partial charge is 0.220 e. The van der Waals surface area contributed by atoms with E-state index < -0.39 is 0 Å². The Morgan fingerprint density at radius 2 is 2.10 bits per heavy atom. The number of piperidine rings is 1. The first-order valence-electron chi connectivity index (χ1n) is 8.33. The lowest BCUT2D eigenvalue weighted by Gasteiger charge is -2.51. The summed E-state index contributed by atoms with van der Waals surface area (Å²) in [5, 5.41) is 7.03. The normalized spacial score (nSPS) is 25.2. The zero-order chi connectivity index (χ0) is 14.7. The predicted molar refractivity (Wildman–Crippen MR) is 85.2 cm³/mol. The Bertz CT molecular complexity index is 481. The summed E-state index contributed by atoms with van der Waals surface area (Å²) in [6.45, 7) is 3.25. The van der Waals surface area contributed by atoms with Crippen molar-refractivity contribution in [3.8, 4) is 0 Å². The summed E-state index contributed by atoms with van der Waals surface area (Å²) in [5.41, 5.74) is 1.47. The molecule has 2 unspecified atom stereocenters. The molecule has 0 radical (unpaired) electrons. The van der Waals surface area contributed by atoms with Gasteiger partial charge in [0, 0.05) is 19.0 Å². The zero-order valence-electron chi connectivity index (χ0n) is 12.9. The van der Waals surface area contributed by atoms with E-state index >= 15 is 0 Å². The van der Waals surface area contributed by atoms with Crippen LogP contribution in [0.5, 0.6) is 0 Å². The number of nitrogens with one attached hydrogen (secondary N) is 2.